The standard InChI is InChI=1S/C4H9NO2S/c1-4(7,2-5)3(6)8/h7H,2,5H2,1H3,(H,6,8). The zero-order chi connectivity index (χ0) is 6.78. The van der Waals surface area contributed by atoms with Gasteiger partial charge < -0.3 is 10.8 Å². The third-order valence-electron chi connectivity index (χ3n) is 0.858. The topological polar surface area (TPSA) is 63.3 Å². The third kappa shape index (κ3) is 1.81. The van der Waals surface area contributed by atoms with Gasteiger partial charge in [-0.05, 0) is 6.92 Å². The summed E-state index contributed by atoms with van der Waals surface area (Å²) in [6, 6.07) is 0. The molecule has 1 atom stereocenters. The van der Waals surface area contributed by atoms with Crippen LogP contribution >= 0.6 is 12.6 Å². The van der Waals surface area contributed by atoms with Crippen LogP contribution in [0.15, 0.2) is 0 Å². The Hall–Kier alpha value is -0.0600. The van der Waals surface area contributed by atoms with E-state index in [4.69, 9.17) is 10.8 Å². The van der Waals surface area contributed by atoms with Crippen LogP contribution in [-0.2, 0) is 4.79 Å². The molecule has 0 fully saturated rings. The molecule has 1 unspecified atom stereocenters. The fourth-order valence-corrected chi connectivity index (χ4v) is 0.179. The molecule has 0 aromatic heterocycles. The molecule has 4 heteroatoms. The van der Waals surface area contributed by atoms with Crippen LogP contribution in [0.2, 0.25) is 0 Å². The summed E-state index contributed by atoms with van der Waals surface area (Å²) in [7, 11) is 0. The predicted octanol–water partition coefficient (Wildman–Crippen LogP) is -0.847. The molecule has 48 valence electrons. The fourth-order valence-electron chi connectivity index (χ4n) is 0.0873. The van der Waals surface area contributed by atoms with E-state index in [9.17, 15) is 4.79 Å². The summed E-state index contributed by atoms with van der Waals surface area (Å²) in [5.74, 6) is 0. The van der Waals surface area contributed by atoms with Crippen LogP contribution < -0.4 is 5.73 Å². The van der Waals surface area contributed by atoms with Crippen molar-refractivity contribution in [2.75, 3.05) is 6.54 Å². The van der Waals surface area contributed by atoms with E-state index in [1.165, 1.54) is 6.92 Å². The van der Waals surface area contributed by atoms with Crippen molar-refractivity contribution in [1.29, 1.82) is 0 Å². The minimum Gasteiger partial charge on any atom is -0.380 e. The lowest BCUT2D eigenvalue weighted by Gasteiger charge is -2.14. The number of carbonyl (C=O) groups is 1. The van der Waals surface area contributed by atoms with E-state index in [0.717, 1.165) is 0 Å². The minimum atomic E-state index is -1.46. The number of nitrogens with two attached hydrogens (primary N) is 1. The van der Waals surface area contributed by atoms with Gasteiger partial charge in [0.25, 0.3) is 0 Å². The van der Waals surface area contributed by atoms with Crippen LogP contribution in [0.1, 0.15) is 6.92 Å². The van der Waals surface area contributed by atoms with Gasteiger partial charge in [0.1, 0.15) is 5.60 Å². The first-order chi connectivity index (χ1) is 3.50. The normalized spacial score (nSPS) is 17.5. The molecule has 0 radical (unpaired) electrons. The number of hydrogen-bond acceptors (Lipinski definition) is 3. The molecule has 0 saturated heterocycles. The molecule has 0 heterocycles. The molecule has 8 heavy (non-hydrogen) atoms. The Morgan fingerprint density at radius 2 is 2.38 bits per heavy atom. The highest BCUT2D eigenvalue weighted by molar-refractivity contribution is 7.96. The van der Waals surface area contributed by atoms with Crippen LogP contribution in [0.25, 0.3) is 0 Å². The molecular formula is C4H9NO2S. The van der Waals surface area contributed by atoms with Gasteiger partial charge in [0.05, 0.1) is 0 Å². The molecule has 0 amide bonds. The largest absolute Gasteiger partial charge is 0.380 e. The number of carbonyl (C=O) groups excluding carboxylic acids is 1. The smallest absolute Gasteiger partial charge is 0.218 e. The quantitative estimate of drug-likeness (QED) is 0.432. The van der Waals surface area contributed by atoms with Crippen molar-refractivity contribution in [3.8, 4) is 0 Å². The lowest BCUT2D eigenvalue weighted by molar-refractivity contribution is -0.125. The molecule has 0 spiro atoms. The van der Waals surface area contributed by atoms with E-state index in [2.05, 4.69) is 12.6 Å². The molecule has 3 nitrogen and oxygen atoms in total. The Kier molecular flexibility index (Phi) is 2.46. The molecular weight excluding hydrogens is 126 g/mol. The first kappa shape index (κ1) is 7.94. The SMILES string of the molecule is CC(O)(CN)C(=O)S. The van der Waals surface area contributed by atoms with E-state index in [0.29, 0.717) is 0 Å². The highest BCUT2D eigenvalue weighted by atomic mass is 32.1. The number of rotatable bonds is 2. The molecule has 0 aliphatic carbocycles. The Morgan fingerprint density at radius 1 is 2.00 bits per heavy atom. The first-order valence-electron chi connectivity index (χ1n) is 2.16. The lowest BCUT2D eigenvalue weighted by Crippen LogP contribution is -2.39. The van der Waals surface area contributed by atoms with Crippen molar-refractivity contribution in [3.63, 3.8) is 0 Å². The van der Waals surface area contributed by atoms with Gasteiger partial charge in [0.15, 0.2) is 0 Å². The second-order valence-corrected chi connectivity index (χ2v) is 2.19. The zero-order valence-corrected chi connectivity index (χ0v) is 5.48. The Balaban J connectivity index is 3.91. The van der Waals surface area contributed by atoms with Gasteiger partial charge in [-0.15, -0.1) is 12.6 Å². The molecule has 0 aliphatic heterocycles. The molecule has 0 bridgehead atoms. The van der Waals surface area contributed by atoms with Gasteiger partial charge in [-0.2, -0.15) is 0 Å². The predicted molar refractivity (Wildman–Crippen MR) is 33.7 cm³/mol. The van der Waals surface area contributed by atoms with Crippen molar-refractivity contribution in [2.24, 2.45) is 5.73 Å². The molecule has 0 saturated carbocycles. The molecule has 0 rings (SSSR count). The molecule has 0 aromatic carbocycles. The summed E-state index contributed by atoms with van der Waals surface area (Å²) in [4.78, 5) is 10.2. The fraction of sp³-hybridized carbons (Fsp3) is 0.750. The second kappa shape index (κ2) is 2.48. The number of hydrogen-bond donors (Lipinski definition) is 3. The Morgan fingerprint density at radius 3 is 2.38 bits per heavy atom. The Labute approximate surface area is 53.3 Å². The molecule has 0 aromatic rings. The van der Waals surface area contributed by atoms with Crippen LogP contribution in [0.3, 0.4) is 0 Å². The van der Waals surface area contributed by atoms with Gasteiger partial charge >= 0.3 is 0 Å². The summed E-state index contributed by atoms with van der Waals surface area (Å²) in [5, 5.41) is 8.25. The van der Waals surface area contributed by atoms with Gasteiger partial charge in [-0.25, -0.2) is 0 Å². The first-order valence-corrected chi connectivity index (χ1v) is 2.61. The van der Waals surface area contributed by atoms with Crippen molar-refractivity contribution >= 4 is 17.7 Å². The van der Waals surface area contributed by atoms with E-state index in [1.807, 2.05) is 0 Å². The monoisotopic (exact) mass is 135 g/mol. The van der Waals surface area contributed by atoms with E-state index >= 15 is 0 Å². The summed E-state index contributed by atoms with van der Waals surface area (Å²) in [6.07, 6.45) is 0. The van der Waals surface area contributed by atoms with Crippen LogP contribution in [0.4, 0.5) is 0 Å². The average molecular weight is 135 g/mol. The summed E-state index contributed by atoms with van der Waals surface area (Å²) in [5.41, 5.74) is 3.53. The van der Waals surface area contributed by atoms with Gasteiger partial charge in [-0.1, -0.05) is 0 Å². The van der Waals surface area contributed by atoms with Crippen molar-refractivity contribution < 1.29 is 9.90 Å². The van der Waals surface area contributed by atoms with Gasteiger partial charge in [-0.3, -0.25) is 4.79 Å². The van der Waals surface area contributed by atoms with Crippen molar-refractivity contribution in [1.82, 2.24) is 0 Å². The highest BCUT2D eigenvalue weighted by Gasteiger charge is 2.24. The second-order valence-electron chi connectivity index (χ2n) is 1.78. The van der Waals surface area contributed by atoms with E-state index in [-0.39, 0.29) is 6.54 Å². The van der Waals surface area contributed by atoms with E-state index < -0.39 is 10.7 Å². The maximum atomic E-state index is 10.2. The van der Waals surface area contributed by atoms with Crippen LogP contribution in [0, 0.1) is 0 Å². The minimum absolute atomic E-state index is 0.0880. The number of thiol groups is 1. The Bertz CT molecular complexity index is 102. The molecule has 3 N–H and O–H groups in total. The summed E-state index contributed by atoms with van der Waals surface area (Å²) < 4.78 is 0. The highest BCUT2D eigenvalue weighted by Crippen LogP contribution is 2.03. The van der Waals surface area contributed by atoms with Crippen LogP contribution in [0.5, 0.6) is 0 Å². The van der Waals surface area contributed by atoms with E-state index in [1.54, 1.807) is 0 Å². The maximum absolute atomic E-state index is 10.2. The van der Waals surface area contributed by atoms with Gasteiger partial charge in [0, 0.05) is 6.54 Å². The van der Waals surface area contributed by atoms with Crippen molar-refractivity contribution in [2.45, 2.75) is 12.5 Å². The number of aliphatic hydroxyl groups is 1. The van der Waals surface area contributed by atoms with Crippen molar-refractivity contribution in [3.05, 3.63) is 0 Å². The lowest BCUT2D eigenvalue weighted by atomic mass is 10.1. The zero-order valence-electron chi connectivity index (χ0n) is 4.59. The average Bonchev–Trinajstić information content (AvgIpc) is 1.67. The van der Waals surface area contributed by atoms with Gasteiger partial charge in [0.2, 0.25) is 5.12 Å². The third-order valence-corrected chi connectivity index (χ3v) is 1.34. The summed E-state index contributed by atoms with van der Waals surface area (Å²) >= 11 is 3.39. The maximum Gasteiger partial charge on any atom is 0.218 e. The summed E-state index contributed by atoms with van der Waals surface area (Å²) in [6.45, 7) is 1.23. The molecule has 0 aliphatic rings. The van der Waals surface area contributed by atoms with Crippen LogP contribution in [-0.4, -0.2) is 22.4 Å².